The van der Waals surface area contributed by atoms with Gasteiger partial charge < -0.3 is 40.5 Å². The highest BCUT2D eigenvalue weighted by Gasteiger charge is 2.51. The predicted molar refractivity (Wildman–Crippen MR) is 158 cm³/mol. The molecule has 1 aromatic carbocycles. The number of rotatable bonds is 6. The summed E-state index contributed by atoms with van der Waals surface area (Å²) in [6.45, 7) is 12.4. The van der Waals surface area contributed by atoms with Crippen molar-refractivity contribution in [2.75, 3.05) is 36.5 Å². The van der Waals surface area contributed by atoms with Crippen LogP contribution < -0.4 is 10.2 Å². The van der Waals surface area contributed by atoms with Crippen molar-refractivity contribution in [3.05, 3.63) is 59.2 Å². The zero-order chi connectivity index (χ0) is 33.5. The van der Waals surface area contributed by atoms with Crippen LogP contribution in [0.5, 0.6) is 0 Å². The van der Waals surface area contributed by atoms with E-state index in [1.165, 1.54) is 22.7 Å². The van der Waals surface area contributed by atoms with Crippen molar-refractivity contribution in [1.82, 2.24) is 24.4 Å². The van der Waals surface area contributed by atoms with Crippen LogP contribution in [0.15, 0.2) is 30.5 Å². The van der Waals surface area contributed by atoms with Crippen molar-refractivity contribution in [2.24, 2.45) is 0 Å². The predicted octanol–water partition coefficient (Wildman–Crippen LogP) is 1.82. The number of nitrogens with one attached hydrogen (secondary N) is 1. The Morgan fingerprint density at radius 2 is 1.64 bits per heavy atom. The lowest BCUT2D eigenvalue weighted by atomic mass is 9.99. The monoisotopic (exact) mass is 633 g/mol. The Morgan fingerprint density at radius 1 is 1.00 bits per heavy atom. The first-order valence-corrected chi connectivity index (χ1v) is 14.2. The van der Waals surface area contributed by atoms with Gasteiger partial charge in [0.2, 0.25) is 11.8 Å². The number of pyridine rings is 1. The average molecular weight is 634 g/mol. The van der Waals surface area contributed by atoms with Crippen LogP contribution in [0.4, 0.5) is 20.3 Å². The van der Waals surface area contributed by atoms with E-state index < -0.39 is 40.8 Å². The summed E-state index contributed by atoms with van der Waals surface area (Å²) in [7, 11) is 0. The Hall–Kier alpha value is -4.06. The van der Waals surface area contributed by atoms with Gasteiger partial charge in [-0.3, -0.25) is 4.79 Å². The summed E-state index contributed by atoms with van der Waals surface area (Å²) in [5.74, 6) is -10.7. The van der Waals surface area contributed by atoms with Gasteiger partial charge in [0.15, 0.2) is 5.65 Å². The van der Waals surface area contributed by atoms with Gasteiger partial charge in [-0.1, -0.05) is 13.8 Å². The van der Waals surface area contributed by atoms with Crippen molar-refractivity contribution in [2.45, 2.75) is 58.8 Å². The van der Waals surface area contributed by atoms with Gasteiger partial charge in [-0.25, -0.2) is 14.1 Å². The highest BCUT2D eigenvalue weighted by Crippen LogP contribution is 2.34. The standard InChI is InChI=1S/C27H31F2N7O7.C2H6/c1-14-9-18(28)19(31-23(37)17-13-30-36(22(17)29)25(2,3)4)12-16(14)15-10-20-32-24(26(38,39)27(40,41)42)33-35(20)21(11-15)34-5-7-43-8-6-34;1-2/h9-13,38-42H,5-8H2,1-4H3,(H,31,37);1-2H3. The van der Waals surface area contributed by atoms with Crippen LogP contribution in [0.1, 0.15) is 56.4 Å². The third-order valence-electron chi connectivity index (χ3n) is 7.00. The molecule has 3 aromatic heterocycles. The number of ether oxygens (including phenoxy) is 1. The number of hydrogen-bond acceptors (Lipinski definition) is 11. The van der Waals surface area contributed by atoms with Gasteiger partial charge in [0.05, 0.1) is 30.6 Å². The molecule has 0 spiro atoms. The molecule has 45 heavy (non-hydrogen) atoms. The molecular weight excluding hydrogens is 596 g/mol. The van der Waals surface area contributed by atoms with Crippen LogP contribution in [-0.4, -0.2) is 88.1 Å². The fourth-order valence-electron chi connectivity index (χ4n) is 4.66. The molecule has 0 saturated carbocycles. The molecule has 244 valence electrons. The van der Waals surface area contributed by atoms with E-state index in [0.717, 1.165) is 10.9 Å². The highest BCUT2D eigenvalue weighted by molar-refractivity contribution is 6.04. The minimum Gasteiger partial charge on any atom is -0.378 e. The summed E-state index contributed by atoms with van der Waals surface area (Å²) >= 11 is 0. The Bertz CT molecular complexity index is 1700. The number of benzene rings is 1. The van der Waals surface area contributed by atoms with Gasteiger partial charge in [-0.2, -0.15) is 14.0 Å². The molecule has 1 amide bonds. The molecule has 0 unspecified atom stereocenters. The number of fused-ring (bicyclic) bond motifs is 1. The van der Waals surface area contributed by atoms with Gasteiger partial charge in [-0.05, 0) is 68.7 Å². The second kappa shape index (κ2) is 12.4. The number of carbonyl (C=O) groups excluding carboxylic acids is 1. The Labute approximate surface area is 257 Å². The molecule has 1 saturated heterocycles. The van der Waals surface area contributed by atoms with Gasteiger partial charge in [-0.15, -0.1) is 5.10 Å². The van der Waals surface area contributed by atoms with Crippen LogP contribution in [-0.2, 0) is 16.1 Å². The first-order chi connectivity index (χ1) is 21.0. The second-order valence-electron chi connectivity index (χ2n) is 11.2. The van der Waals surface area contributed by atoms with Crippen LogP contribution in [0.3, 0.4) is 0 Å². The van der Waals surface area contributed by atoms with Gasteiger partial charge >= 0.3 is 11.8 Å². The quantitative estimate of drug-likeness (QED) is 0.170. The molecule has 0 aliphatic carbocycles. The molecule has 14 nitrogen and oxygen atoms in total. The summed E-state index contributed by atoms with van der Waals surface area (Å²) in [5.41, 5.74) is 0.00462. The molecule has 6 N–H and O–H groups in total. The topological polar surface area (TPSA) is 191 Å². The van der Waals surface area contributed by atoms with E-state index in [1.807, 2.05) is 18.7 Å². The van der Waals surface area contributed by atoms with Crippen molar-refractivity contribution < 1.29 is 43.8 Å². The fourth-order valence-corrected chi connectivity index (χ4v) is 4.66. The van der Waals surface area contributed by atoms with Crippen LogP contribution >= 0.6 is 0 Å². The number of aryl methyl sites for hydroxylation is 1. The number of halogens is 2. The number of carbonyl (C=O) groups is 1. The third kappa shape index (κ3) is 6.51. The summed E-state index contributed by atoms with van der Waals surface area (Å²) < 4.78 is 37.7. The molecule has 5 rings (SSSR count). The lowest BCUT2D eigenvalue weighted by molar-refractivity contribution is -0.456. The molecule has 0 radical (unpaired) electrons. The molecule has 1 aliphatic heterocycles. The molecule has 1 fully saturated rings. The van der Waals surface area contributed by atoms with E-state index in [2.05, 4.69) is 20.5 Å². The smallest absolute Gasteiger partial charge is 0.341 e. The molecule has 16 heteroatoms. The number of hydrogen-bond donors (Lipinski definition) is 6. The Balaban J connectivity index is 0.00000226. The molecule has 1 aliphatic rings. The first-order valence-electron chi connectivity index (χ1n) is 14.2. The average Bonchev–Trinajstić information content (AvgIpc) is 3.59. The maximum absolute atomic E-state index is 15.1. The first kappa shape index (κ1) is 33.8. The Morgan fingerprint density at radius 3 is 2.22 bits per heavy atom. The van der Waals surface area contributed by atoms with E-state index in [-0.39, 0.29) is 16.9 Å². The van der Waals surface area contributed by atoms with Crippen LogP contribution in [0.25, 0.3) is 16.8 Å². The number of morpholine rings is 1. The molecule has 4 heterocycles. The number of amides is 1. The zero-order valence-electron chi connectivity index (χ0n) is 25.7. The number of nitrogens with zero attached hydrogens (tertiary/aromatic N) is 6. The lowest BCUT2D eigenvalue weighted by Crippen LogP contribution is -2.52. The van der Waals surface area contributed by atoms with Crippen molar-refractivity contribution in [1.29, 1.82) is 0 Å². The minimum atomic E-state index is -3.98. The molecule has 0 bridgehead atoms. The number of anilines is 2. The van der Waals surface area contributed by atoms with Gasteiger partial charge in [0.25, 0.3) is 5.91 Å². The van der Waals surface area contributed by atoms with Gasteiger partial charge in [0, 0.05) is 13.1 Å². The van der Waals surface area contributed by atoms with Crippen LogP contribution in [0.2, 0.25) is 0 Å². The van der Waals surface area contributed by atoms with E-state index in [4.69, 9.17) is 4.74 Å². The Kier molecular flexibility index (Phi) is 9.31. The summed E-state index contributed by atoms with van der Waals surface area (Å²) in [6, 6.07) is 5.68. The van der Waals surface area contributed by atoms with Crippen molar-refractivity contribution >= 4 is 23.1 Å². The summed E-state index contributed by atoms with van der Waals surface area (Å²) in [5, 5.41) is 59.1. The molecule has 4 aromatic rings. The highest BCUT2D eigenvalue weighted by atomic mass is 19.1. The van der Waals surface area contributed by atoms with E-state index >= 15 is 4.39 Å². The zero-order valence-corrected chi connectivity index (χ0v) is 25.7. The summed E-state index contributed by atoms with van der Waals surface area (Å²) in [4.78, 5) is 18.8. The largest absolute Gasteiger partial charge is 0.378 e. The van der Waals surface area contributed by atoms with Crippen LogP contribution in [0, 0.1) is 18.7 Å². The molecular formula is C29H37F2N7O7. The van der Waals surface area contributed by atoms with Gasteiger partial charge in [0.1, 0.15) is 17.2 Å². The lowest BCUT2D eigenvalue weighted by Gasteiger charge is -2.29. The van der Waals surface area contributed by atoms with E-state index in [9.17, 15) is 34.7 Å². The fraction of sp³-hybridized carbons (Fsp3) is 0.448. The second-order valence-corrected chi connectivity index (χ2v) is 11.2. The minimum absolute atomic E-state index is 0.0108. The van der Waals surface area contributed by atoms with Crippen molar-refractivity contribution in [3.8, 4) is 11.1 Å². The van der Waals surface area contributed by atoms with Crippen molar-refractivity contribution in [3.63, 3.8) is 0 Å². The molecule has 0 atom stereocenters. The SMILES string of the molecule is CC.Cc1cc(F)c(NC(=O)c2cnn(C(C)(C)C)c2F)cc1-c1cc(N2CCOCC2)n2nc(C(O)(O)C(O)(O)O)nc2c1. The number of aromatic nitrogens is 5. The van der Waals surface area contributed by atoms with E-state index in [0.29, 0.717) is 48.8 Å². The normalized spacial score (nSPS) is 14.4. The maximum atomic E-state index is 15.1. The van der Waals surface area contributed by atoms with E-state index in [1.54, 1.807) is 33.8 Å². The maximum Gasteiger partial charge on any atom is 0.341 e. The number of aliphatic hydroxyl groups is 5. The third-order valence-corrected chi connectivity index (χ3v) is 7.00. The summed E-state index contributed by atoms with van der Waals surface area (Å²) in [6.07, 6.45) is 1.07.